The van der Waals surface area contributed by atoms with Gasteiger partial charge in [-0.05, 0) is 18.8 Å². The normalized spacial score (nSPS) is 20.4. The highest BCUT2D eigenvalue weighted by molar-refractivity contribution is 6.17. The highest BCUT2D eigenvalue weighted by atomic mass is 35.5. The molecule has 0 bridgehead atoms. The molecule has 0 saturated heterocycles. The molecule has 13 heavy (non-hydrogen) atoms. The first kappa shape index (κ1) is 10.8. The minimum atomic E-state index is -0.850. The third-order valence-electron chi connectivity index (χ3n) is 2.45. The summed E-state index contributed by atoms with van der Waals surface area (Å²) in [6.07, 6.45) is 3.55. The Hall–Kier alpha value is -0.280. The van der Waals surface area contributed by atoms with E-state index in [1.54, 1.807) is 0 Å². The van der Waals surface area contributed by atoms with Gasteiger partial charge >= 0.3 is 5.97 Å². The van der Waals surface area contributed by atoms with Gasteiger partial charge in [-0.3, -0.25) is 0 Å². The molecule has 4 heteroatoms. The molecule has 0 spiro atoms. The molecular formula is C9H15ClO3. The van der Waals surface area contributed by atoms with Crippen molar-refractivity contribution >= 4 is 17.6 Å². The van der Waals surface area contributed by atoms with Gasteiger partial charge in [-0.25, -0.2) is 4.79 Å². The van der Waals surface area contributed by atoms with E-state index in [0.717, 1.165) is 25.7 Å². The third kappa shape index (κ3) is 3.16. The van der Waals surface area contributed by atoms with Crippen molar-refractivity contribution in [3.63, 3.8) is 0 Å². The average molecular weight is 207 g/mol. The maximum absolute atomic E-state index is 10.8. The van der Waals surface area contributed by atoms with Gasteiger partial charge in [-0.15, -0.1) is 11.6 Å². The minimum Gasteiger partial charge on any atom is -0.479 e. The van der Waals surface area contributed by atoms with E-state index in [4.69, 9.17) is 21.4 Å². The Bertz CT molecular complexity index is 166. The molecule has 0 aromatic heterocycles. The van der Waals surface area contributed by atoms with Crippen molar-refractivity contribution in [2.24, 2.45) is 5.92 Å². The predicted octanol–water partition coefficient (Wildman–Crippen LogP) is 1.89. The van der Waals surface area contributed by atoms with Crippen LogP contribution in [0.4, 0.5) is 0 Å². The summed E-state index contributed by atoms with van der Waals surface area (Å²) in [6.45, 7) is 0.328. The number of ether oxygens (including phenoxy) is 1. The zero-order valence-electron chi connectivity index (χ0n) is 7.54. The van der Waals surface area contributed by atoms with Gasteiger partial charge in [0.15, 0.2) is 6.10 Å². The van der Waals surface area contributed by atoms with Gasteiger partial charge in [0.05, 0.1) is 6.61 Å². The number of carboxylic acids is 1. The summed E-state index contributed by atoms with van der Waals surface area (Å²) < 4.78 is 5.21. The van der Waals surface area contributed by atoms with Crippen LogP contribution in [0.5, 0.6) is 0 Å². The van der Waals surface area contributed by atoms with Crippen LogP contribution >= 0.6 is 11.6 Å². The lowest BCUT2D eigenvalue weighted by molar-refractivity contribution is -0.153. The molecule has 3 nitrogen and oxygen atoms in total. The van der Waals surface area contributed by atoms with E-state index in [1.807, 2.05) is 0 Å². The fraction of sp³-hybridized carbons (Fsp3) is 0.889. The molecule has 0 aliphatic heterocycles. The van der Waals surface area contributed by atoms with Crippen molar-refractivity contribution in [2.75, 3.05) is 12.5 Å². The topological polar surface area (TPSA) is 46.5 Å². The zero-order valence-corrected chi connectivity index (χ0v) is 8.29. The average Bonchev–Trinajstić information content (AvgIpc) is 2.57. The third-order valence-corrected chi connectivity index (χ3v) is 2.60. The first-order valence-corrected chi connectivity index (χ1v) is 5.19. The molecule has 1 atom stereocenters. The molecule has 0 heterocycles. The molecule has 0 radical (unpaired) electrons. The van der Waals surface area contributed by atoms with Gasteiger partial charge in [-0.2, -0.15) is 0 Å². The Labute approximate surface area is 83.0 Å². The molecule has 1 aliphatic rings. The van der Waals surface area contributed by atoms with Gasteiger partial charge < -0.3 is 9.84 Å². The fourth-order valence-electron chi connectivity index (χ4n) is 1.84. The summed E-state index contributed by atoms with van der Waals surface area (Å²) in [4.78, 5) is 10.8. The van der Waals surface area contributed by atoms with E-state index in [1.165, 1.54) is 0 Å². The van der Waals surface area contributed by atoms with Crippen LogP contribution in [0.15, 0.2) is 0 Å². The number of carbonyl (C=O) groups is 1. The smallest absolute Gasteiger partial charge is 0.333 e. The van der Waals surface area contributed by atoms with Crippen molar-refractivity contribution < 1.29 is 14.6 Å². The second-order valence-corrected chi connectivity index (χ2v) is 3.74. The fourth-order valence-corrected chi connectivity index (χ4v) is 1.93. The maximum Gasteiger partial charge on any atom is 0.333 e. The summed E-state index contributed by atoms with van der Waals surface area (Å²) in [7, 11) is 0. The molecular weight excluding hydrogens is 192 g/mol. The predicted molar refractivity (Wildman–Crippen MR) is 50.1 cm³/mol. The standard InChI is InChI=1S/C9H15ClO3/c10-5-6-13-8(9(11)12)7-3-1-2-4-7/h7-8H,1-6H2,(H,11,12). The molecule has 76 valence electrons. The van der Waals surface area contributed by atoms with Crippen LogP contribution in [0, 0.1) is 5.92 Å². The molecule has 1 rings (SSSR count). The highest BCUT2D eigenvalue weighted by Gasteiger charge is 2.30. The van der Waals surface area contributed by atoms with Crippen LogP contribution in [0.2, 0.25) is 0 Å². The summed E-state index contributed by atoms with van der Waals surface area (Å²) in [5, 5.41) is 8.89. The number of hydrogen-bond acceptors (Lipinski definition) is 2. The van der Waals surface area contributed by atoms with Crippen molar-refractivity contribution in [2.45, 2.75) is 31.8 Å². The van der Waals surface area contributed by atoms with Crippen molar-refractivity contribution in [1.82, 2.24) is 0 Å². The lowest BCUT2D eigenvalue weighted by Gasteiger charge is -2.18. The second-order valence-electron chi connectivity index (χ2n) is 3.36. The van der Waals surface area contributed by atoms with E-state index in [0.29, 0.717) is 12.5 Å². The first-order chi connectivity index (χ1) is 6.25. The Morgan fingerprint density at radius 3 is 2.62 bits per heavy atom. The molecule has 1 aliphatic carbocycles. The number of aliphatic carboxylic acids is 1. The van der Waals surface area contributed by atoms with E-state index in [-0.39, 0.29) is 5.92 Å². The van der Waals surface area contributed by atoms with Gasteiger partial charge in [0, 0.05) is 5.88 Å². The monoisotopic (exact) mass is 206 g/mol. The van der Waals surface area contributed by atoms with Crippen LogP contribution < -0.4 is 0 Å². The van der Waals surface area contributed by atoms with Crippen LogP contribution in [0.3, 0.4) is 0 Å². The van der Waals surface area contributed by atoms with E-state index < -0.39 is 12.1 Å². The summed E-state index contributed by atoms with van der Waals surface area (Å²) in [6, 6.07) is 0. The summed E-state index contributed by atoms with van der Waals surface area (Å²) in [5.41, 5.74) is 0. The van der Waals surface area contributed by atoms with Crippen molar-refractivity contribution in [1.29, 1.82) is 0 Å². The highest BCUT2D eigenvalue weighted by Crippen LogP contribution is 2.29. The largest absolute Gasteiger partial charge is 0.479 e. The number of alkyl halides is 1. The summed E-state index contributed by atoms with van der Waals surface area (Å²) in [5.74, 6) is -0.297. The maximum atomic E-state index is 10.8. The number of halogens is 1. The van der Waals surface area contributed by atoms with Gasteiger partial charge in [0.1, 0.15) is 0 Å². The quantitative estimate of drug-likeness (QED) is 0.699. The van der Waals surface area contributed by atoms with E-state index in [9.17, 15) is 4.79 Å². The molecule has 1 unspecified atom stereocenters. The zero-order chi connectivity index (χ0) is 9.68. The number of hydrogen-bond donors (Lipinski definition) is 1. The number of carboxylic acid groups (broad SMARTS) is 1. The Kier molecular flexibility index (Phi) is 4.53. The van der Waals surface area contributed by atoms with Crippen LogP contribution in [0.25, 0.3) is 0 Å². The Balaban J connectivity index is 2.40. The summed E-state index contributed by atoms with van der Waals surface area (Å²) >= 11 is 5.44. The lowest BCUT2D eigenvalue weighted by atomic mass is 10.0. The molecule has 1 N–H and O–H groups in total. The van der Waals surface area contributed by atoms with Gasteiger partial charge in [0.2, 0.25) is 0 Å². The Morgan fingerprint density at radius 2 is 2.15 bits per heavy atom. The molecule has 0 amide bonds. The molecule has 1 saturated carbocycles. The van der Waals surface area contributed by atoms with Gasteiger partial charge in [-0.1, -0.05) is 12.8 Å². The first-order valence-electron chi connectivity index (χ1n) is 4.66. The Morgan fingerprint density at radius 1 is 1.54 bits per heavy atom. The van der Waals surface area contributed by atoms with Crippen molar-refractivity contribution in [3.05, 3.63) is 0 Å². The minimum absolute atomic E-state index is 0.195. The molecule has 1 fully saturated rings. The number of rotatable bonds is 5. The molecule has 0 aromatic rings. The van der Waals surface area contributed by atoms with Crippen molar-refractivity contribution in [3.8, 4) is 0 Å². The van der Waals surface area contributed by atoms with E-state index in [2.05, 4.69) is 0 Å². The van der Waals surface area contributed by atoms with Crippen LogP contribution in [0.1, 0.15) is 25.7 Å². The lowest BCUT2D eigenvalue weighted by Crippen LogP contribution is -2.31. The second kappa shape index (κ2) is 5.45. The molecule has 0 aromatic carbocycles. The van der Waals surface area contributed by atoms with Gasteiger partial charge in [0.25, 0.3) is 0 Å². The van der Waals surface area contributed by atoms with Crippen LogP contribution in [-0.2, 0) is 9.53 Å². The SMILES string of the molecule is O=C(O)C(OCCCl)C1CCCC1. The van der Waals surface area contributed by atoms with Crippen LogP contribution in [-0.4, -0.2) is 29.7 Å². The van der Waals surface area contributed by atoms with E-state index >= 15 is 0 Å².